The summed E-state index contributed by atoms with van der Waals surface area (Å²) in [5.74, 6) is -0.229. The molecule has 0 aliphatic carbocycles. The molecule has 0 radical (unpaired) electrons. The lowest BCUT2D eigenvalue weighted by Gasteiger charge is -2.42. The molecule has 3 rings (SSSR count). The van der Waals surface area contributed by atoms with Gasteiger partial charge < -0.3 is 4.90 Å². The zero-order valence-electron chi connectivity index (χ0n) is 15.0. The summed E-state index contributed by atoms with van der Waals surface area (Å²) >= 11 is 6.04. The summed E-state index contributed by atoms with van der Waals surface area (Å²) in [5, 5.41) is -0.151. The maximum atomic E-state index is 13.0. The molecule has 0 spiro atoms. The van der Waals surface area contributed by atoms with Crippen LogP contribution in [0.1, 0.15) is 40.7 Å². The number of nitrogens with zero attached hydrogens (tertiary/aromatic N) is 1. The number of piperidine rings is 1. The number of hydrogen-bond acceptors (Lipinski definition) is 2. The summed E-state index contributed by atoms with van der Waals surface area (Å²) in [5.41, 5.74) is 0.0116. The van der Waals surface area contributed by atoms with Crippen LogP contribution < -0.4 is 0 Å². The van der Waals surface area contributed by atoms with Crippen LogP contribution in [0.4, 0.5) is 13.2 Å². The Balaban J connectivity index is 1.92. The predicted octanol–water partition coefficient (Wildman–Crippen LogP) is 5.60. The van der Waals surface area contributed by atoms with Gasteiger partial charge in [0, 0.05) is 23.9 Å². The first-order chi connectivity index (χ1) is 12.7. The monoisotopic (exact) mass is 395 g/mol. The van der Waals surface area contributed by atoms with Gasteiger partial charge >= 0.3 is 6.18 Å². The van der Waals surface area contributed by atoms with E-state index in [1.54, 1.807) is 0 Å². The Labute approximate surface area is 161 Å². The number of carbonyl (C=O) groups is 1. The van der Waals surface area contributed by atoms with E-state index in [9.17, 15) is 18.0 Å². The molecule has 0 saturated carbocycles. The second-order valence-corrected chi connectivity index (χ2v) is 7.69. The SMILES string of the molecule is CN1CCCC(CC(=O)c2ccc(C(F)(F)F)cc2Cl)(c2ccccc2)C1. The van der Waals surface area contributed by atoms with Gasteiger partial charge in [0.25, 0.3) is 0 Å². The zero-order valence-corrected chi connectivity index (χ0v) is 15.8. The molecule has 0 amide bonds. The molecule has 2 nitrogen and oxygen atoms in total. The van der Waals surface area contributed by atoms with E-state index >= 15 is 0 Å². The molecule has 144 valence electrons. The fraction of sp³-hybridized carbons (Fsp3) is 0.381. The number of halogens is 4. The molecule has 2 aromatic carbocycles. The Bertz CT molecular complexity index is 822. The van der Waals surface area contributed by atoms with E-state index in [0.717, 1.165) is 43.6 Å². The van der Waals surface area contributed by atoms with E-state index in [1.807, 2.05) is 37.4 Å². The van der Waals surface area contributed by atoms with Crippen LogP contribution in [0, 0.1) is 0 Å². The largest absolute Gasteiger partial charge is 0.416 e. The van der Waals surface area contributed by atoms with Crippen molar-refractivity contribution in [3.8, 4) is 0 Å². The van der Waals surface area contributed by atoms with Crippen molar-refractivity contribution in [3.05, 3.63) is 70.2 Å². The van der Waals surface area contributed by atoms with Gasteiger partial charge in [0.05, 0.1) is 10.6 Å². The predicted molar refractivity (Wildman–Crippen MR) is 100 cm³/mol. The molecule has 1 aliphatic rings. The molecule has 1 unspecified atom stereocenters. The number of hydrogen-bond donors (Lipinski definition) is 0. The molecule has 0 bridgehead atoms. The van der Waals surface area contributed by atoms with E-state index < -0.39 is 11.7 Å². The summed E-state index contributed by atoms with van der Waals surface area (Å²) in [7, 11) is 2.02. The summed E-state index contributed by atoms with van der Waals surface area (Å²) in [6.07, 6.45) is -2.46. The highest BCUT2D eigenvalue weighted by Gasteiger charge is 2.39. The van der Waals surface area contributed by atoms with E-state index in [0.29, 0.717) is 0 Å². The van der Waals surface area contributed by atoms with Crippen molar-refractivity contribution in [3.63, 3.8) is 0 Å². The van der Waals surface area contributed by atoms with Crippen LogP contribution in [0.3, 0.4) is 0 Å². The van der Waals surface area contributed by atoms with Crippen LogP contribution in [0.5, 0.6) is 0 Å². The second kappa shape index (κ2) is 7.64. The van der Waals surface area contributed by atoms with Crippen LogP contribution in [-0.4, -0.2) is 30.8 Å². The molecule has 0 N–H and O–H groups in total. The first-order valence-corrected chi connectivity index (χ1v) is 9.23. The number of rotatable bonds is 4. The van der Waals surface area contributed by atoms with Gasteiger partial charge in [-0.15, -0.1) is 0 Å². The van der Waals surface area contributed by atoms with Crippen LogP contribution >= 0.6 is 11.6 Å². The van der Waals surface area contributed by atoms with Crippen LogP contribution in [0.2, 0.25) is 5.02 Å². The third-order valence-electron chi connectivity index (χ3n) is 5.25. The molecule has 1 saturated heterocycles. The maximum Gasteiger partial charge on any atom is 0.416 e. The van der Waals surface area contributed by atoms with Crippen molar-refractivity contribution >= 4 is 17.4 Å². The highest BCUT2D eigenvalue weighted by molar-refractivity contribution is 6.34. The van der Waals surface area contributed by atoms with Crippen LogP contribution in [0.15, 0.2) is 48.5 Å². The van der Waals surface area contributed by atoms with E-state index in [1.165, 1.54) is 6.07 Å². The lowest BCUT2D eigenvalue weighted by molar-refractivity contribution is -0.137. The van der Waals surface area contributed by atoms with E-state index in [-0.39, 0.29) is 28.2 Å². The number of alkyl halides is 3. The topological polar surface area (TPSA) is 20.3 Å². The van der Waals surface area contributed by atoms with E-state index in [4.69, 9.17) is 11.6 Å². The van der Waals surface area contributed by atoms with Crippen molar-refractivity contribution in [2.75, 3.05) is 20.1 Å². The number of benzene rings is 2. The van der Waals surface area contributed by atoms with Gasteiger partial charge in [-0.3, -0.25) is 4.79 Å². The average molecular weight is 396 g/mol. The summed E-state index contributed by atoms with van der Waals surface area (Å²) < 4.78 is 38.5. The zero-order chi connectivity index (χ0) is 19.7. The Morgan fingerprint density at radius 3 is 2.48 bits per heavy atom. The van der Waals surface area contributed by atoms with Crippen molar-refractivity contribution in [1.29, 1.82) is 0 Å². The first-order valence-electron chi connectivity index (χ1n) is 8.85. The molecule has 0 aromatic heterocycles. The Kier molecular flexibility index (Phi) is 5.63. The second-order valence-electron chi connectivity index (χ2n) is 7.28. The highest BCUT2D eigenvalue weighted by atomic mass is 35.5. The molecule has 2 aromatic rings. The third kappa shape index (κ3) is 4.36. The Hall–Kier alpha value is -1.85. The fourth-order valence-electron chi connectivity index (χ4n) is 3.96. The van der Waals surface area contributed by atoms with Gasteiger partial charge in [0.15, 0.2) is 5.78 Å². The van der Waals surface area contributed by atoms with Gasteiger partial charge in [0.1, 0.15) is 0 Å². The third-order valence-corrected chi connectivity index (χ3v) is 5.56. The number of Topliss-reactive ketones (excluding diaryl/α,β-unsaturated/α-hetero) is 1. The van der Waals surface area contributed by atoms with Crippen molar-refractivity contribution in [2.24, 2.45) is 0 Å². The summed E-state index contributed by atoms with van der Waals surface area (Å²) in [6.45, 7) is 1.69. The number of likely N-dealkylation sites (N-methyl/N-ethyl adjacent to an activating group) is 1. The standard InChI is InChI=1S/C21H21ClF3NO/c1-26-11-5-10-20(14-26,15-6-3-2-4-7-15)13-19(27)17-9-8-16(12-18(17)22)21(23,24)25/h2-4,6-9,12H,5,10-11,13-14H2,1H3. The fourth-order valence-corrected chi connectivity index (χ4v) is 4.24. The van der Waals surface area contributed by atoms with Crippen molar-refractivity contribution in [1.82, 2.24) is 4.90 Å². The number of ketones is 1. The number of carbonyl (C=O) groups excluding carboxylic acids is 1. The molecule has 27 heavy (non-hydrogen) atoms. The minimum absolute atomic E-state index is 0.146. The number of likely N-dealkylation sites (tertiary alicyclic amines) is 1. The van der Waals surface area contributed by atoms with Crippen LogP contribution in [-0.2, 0) is 11.6 Å². The van der Waals surface area contributed by atoms with Gasteiger partial charge in [-0.1, -0.05) is 41.9 Å². The van der Waals surface area contributed by atoms with Gasteiger partial charge in [-0.2, -0.15) is 13.2 Å². The summed E-state index contributed by atoms with van der Waals surface area (Å²) in [4.78, 5) is 15.2. The average Bonchev–Trinajstić information content (AvgIpc) is 2.61. The van der Waals surface area contributed by atoms with Gasteiger partial charge in [0.2, 0.25) is 0 Å². The first kappa shape index (κ1) is 19.9. The van der Waals surface area contributed by atoms with Crippen molar-refractivity contribution < 1.29 is 18.0 Å². The Morgan fingerprint density at radius 2 is 1.89 bits per heavy atom. The lowest BCUT2D eigenvalue weighted by atomic mass is 9.70. The smallest absolute Gasteiger partial charge is 0.305 e. The van der Waals surface area contributed by atoms with Crippen molar-refractivity contribution in [2.45, 2.75) is 30.9 Å². The van der Waals surface area contributed by atoms with E-state index in [2.05, 4.69) is 4.90 Å². The van der Waals surface area contributed by atoms with Crippen LogP contribution in [0.25, 0.3) is 0 Å². The quantitative estimate of drug-likeness (QED) is 0.628. The van der Waals surface area contributed by atoms with Gasteiger partial charge in [-0.25, -0.2) is 0 Å². The van der Waals surface area contributed by atoms with Gasteiger partial charge in [-0.05, 0) is 50.2 Å². The maximum absolute atomic E-state index is 13.0. The molecule has 6 heteroatoms. The molecule has 1 atom stereocenters. The normalized spacial score (nSPS) is 21.2. The molecule has 1 heterocycles. The highest BCUT2D eigenvalue weighted by Crippen LogP contribution is 2.39. The molecule has 1 aliphatic heterocycles. The lowest BCUT2D eigenvalue weighted by Crippen LogP contribution is -2.45. The molecular formula is C21H21ClF3NO. The summed E-state index contributed by atoms with van der Waals surface area (Å²) in [6, 6.07) is 12.8. The minimum atomic E-state index is -4.48. The molecule has 1 fully saturated rings. The molecular weight excluding hydrogens is 375 g/mol. The Morgan fingerprint density at radius 1 is 1.19 bits per heavy atom. The minimum Gasteiger partial charge on any atom is -0.305 e.